The van der Waals surface area contributed by atoms with Crippen LogP contribution >= 0.6 is 11.3 Å². The molecule has 0 aliphatic rings. The molecule has 0 N–H and O–H groups in total. The van der Waals surface area contributed by atoms with Gasteiger partial charge in [0, 0.05) is 16.0 Å². The summed E-state index contributed by atoms with van der Waals surface area (Å²) >= 11 is 1.56. The summed E-state index contributed by atoms with van der Waals surface area (Å²) < 4.78 is 3.01. The summed E-state index contributed by atoms with van der Waals surface area (Å²) in [5.74, 6) is 1.15. The molecule has 3 aromatic heterocycles. The monoisotopic (exact) mass is 345 g/mol. The van der Waals surface area contributed by atoms with Crippen LogP contribution in [0.15, 0.2) is 53.3 Å². The van der Waals surface area contributed by atoms with Crippen LogP contribution in [0, 0.1) is 0 Å². The van der Waals surface area contributed by atoms with Crippen molar-refractivity contribution in [3.05, 3.63) is 64.6 Å². The molecule has 0 atom stereocenters. The third kappa shape index (κ3) is 1.96. The third-order valence-electron chi connectivity index (χ3n) is 4.53. The fourth-order valence-electron chi connectivity index (χ4n) is 3.37. The molecule has 0 aliphatic carbocycles. The lowest BCUT2D eigenvalue weighted by molar-refractivity contribution is 0.769. The van der Waals surface area contributed by atoms with Crippen LogP contribution in [0.1, 0.15) is 25.6 Å². The van der Waals surface area contributed by atoms with E-state index in [0.717, 1.165) is 31.8 Å². The van der Waals surface area contributed by atoms with Gasteiger partial charge in [0.1, 0.15) is 16.0 Å². The lowest BCUT2D eigenvalue weighted by Crippen LogP contribution is -2.09. The summed E-state index contributed by atoms with van der Waals surface area (Å²) in [6.45, 7) is 4.23. The zero-order valence-corrected chi connectivity index (χ0v) is 14.7. The van der Waals surface area contributed by atoms with Crippen molar-refractivity contribution in [2.75, 3.05) is 0 Å². The largest absolute Gasteiger partial charge is 0.288 e. The van der Waals surface area contributed by atoms with Gasteiger partial charge in [0.15, 0.2) is 5.65 Å². The molecule has 0 unspecified atom stereocenters. The van der Waals surface area contributed by atoms with Crippen LogP contribution < -0.4 is 5.43 Å². The predicted molar refractivity (Wildman–Crippen MR) is 104 cm³/mol. The number of benzene rings is 2. The summed E-state index contributed by atoms with van der Waals surface area (Å²) in [5, 5.41) is 1.34. The molecular weight excluding hydrogens is 330 g/mol. The molecule has 5 aromatic rings. The summed E-state index contributed by atoms with van der Waals surface area (Å²) in [6.07, 6.45) is 0. The van der Waals surface area contributed by atoms with Crippen molar-refractivity contribution in [1.82, 2.24) is 14.4 Å². The van der Waals surface area contributed by atoms with Gasteiger partial charge in [0.05, 0.1) is 11.0 Å². The molecule has 0 saturated carbocycles. The SMILES string of the molecule is CC(C)c1nc2sc3ccccc3c(=O)c2c2nc3ccccc3n12. The third-order valence-corrected chi connectivity index (χ3v) is 5.59. The van der Waals surface area contributed by atoms with Crippen molar-refractivity contribution in [2.24, 2.45) is 0 Å². The molecule has 0 amide bonds. The Hall–Kier alpha value is -2.79. The number of hydrogen-bond acceptors (Lipinski definition) is 4. The number of fused-ring (bicyclic) bond motifs is 6. The molecule has 0 aliphatic heterocycles. The van der Waals surface area contributed by atoms with Gasteiger partial charge in [-0.1, -0.05) is 38.1 Å². The van der Waals surface area contributed by atoms with Gasteiger partial charge in [-0.2, -0.15) is 0 Å². The van der Waals surface area contributed by atoms with Crippen molar-refractivity contribution in [1.29, 1.82) is 0 Å². The van der Waals surface area contributed by atoms with E-state index >= 15 is 0 Å². The minimum atomic E-state index is 0.00691. The Kier molecular flexibility index (Phi) is 2.97. The minimum absolute atomic E-state index is 0.00691. The fourth-order valence-corrected chi connectivity index (χ4v) is 4.42. The summed E-state index contributed by atoms with van der Waals surface area (Å²) in [7, 11) is 0. The number of rotatable bonds is 1. The maximum absolute atomic E-state index is 13.2. The van der Waals surface area contributed by atoms with Gasteiger partial charge in [-0.3, -0.25) is 9.20 Å². The lowest BCUT2D eigenvalue weighted by atomic mass is 10.2. The molecule has 0 bridgehead atoms. The summed E-state index contributed by atoms with van der Waals surface area (Å²) in [6, 6.07) is 15.7. The first-order valence-corrected chi connectivity index (χ1v) is 9.09. The fraction of sp³-hybridized carbons (Fsp3) is 0.150. The van der Waals surface area contributed by atoms with Gasteiger partial charge in [-0.15, -0.1) is 11.3 Å². The van der Waals surface area contributed by atoms with E-state index in [9.17, 15) is 4.79 Å². The van der Waals surface area contributed by atoms with Crippen LogP contribution in [-0.2, 0) is 0 Å². The first kappa shape index (κ1) is 14.5. The minimum Gasteiger partial charge on any atom is -0.288 e. The number of nitrogens with zero attached hydrogens (tertiary/aromatic N) is 3. The number of hydrogen-bond donors (Lipinski definition) is 0. The molecule has 3 heterocycles. The van der Waals surface area contributed by atoms with Gasteiger partial charge >= 0.3 is 0 Å². The average molecular weight is 345 g/mol. The van der Waals surface area contributed by atoms with Crippen LogP contribution in [-0.4, -0.2) is 14.4 Å². The number of aromatic nitrogens is 3. The van der Waals surface area contributed by atoms with Gasteiger partial charge in [0.25, 0.3) is 0 Å². The molecule has 0 spiro atoms. The Morgan fingerprint density at radius 2 is 1.76 bits per heavy atom. The molecule has 0 radical (unpaired) electrons. The van der Waals surface area contributed by atoms with Crippen LogP contribution in [0.3, 0.4) is 0 Å². The van der Waals surface area contributed by atoms with Gasteiger partial charge < -0.3 is 0 Å². The second kappa shape index (κ2) is 5.10. The molecule has 122 valence electrons. The van der Waals surface area contributed by atoms with E-state index in [0.29, 0.717) is 11.0 Å². The van der Waals surface area contributed by atoms with Gasteiger partial charge in [-0.05, 0) is 24.3 Å². The highest BCUT2D eigenvalue weighted by Crippen LogP contribution is 2.30. The summed E-state index contributed by atoms with van der Waals surface area (Å²) in [5.41, 5.74) is 2.60. The van der Waals surface area contributed by atoms with Gasteiger partial charge in [-0.25, -0.2) is 9.97 Å². The first-order valence-electron chi connectivity index (χ1n) is 8.28. The van der Waals surface area contributed by atoms with Crippen molar-refractivity contribution < 1.29 is 0 Å². The topological polar surface area (TPSA) is 47.3 Å². The molecule has 5 rings (SSSR count). The average Bonchev–Trinajstić information content (AvgIpc) is 3.00. The number of imidazole rings is 1. The second-order valence-corrected chi connectivity index (χ2v) is 7.52. The number of para-hydroxylation sites is 2. The molecule has 25 heavy (non-hydrogen) atoms. The normalized spacial score (nSPS) is 12.1. The van der Waals surface area contributed by atoms with E-state index < -0.39 is 0 Å². The Morgan fingerprint density at radius 1 is 1.00 bits per heavy atom. The highest BCUT2D eigenvalue weighted by molar-refractivity contribution is 7.24. The van der Waals surface area contributed by atoms with E-state index in [2.05, 4.69) is 13.8 Å². The zero-order chi connectivity index (χ0) is 17.1. The van der Waals surface area contributed by atoms with Crippen LogP contribution in [0.5, 0.6) is 0 Å². The quantitative estimate of drug-likeness (QED) is 0.413. The molecule has 2 aromatic carbocycles. The second-order valence-electron chi connectivity index (χ2n) is 6.49. The molecule has 4 nitrogen and oxygen atoms in total. The van der Waals surface area contributed by atoms with E-state index in [-0.39, 0.29) is 11.3 Å². The Bertz CT molecular complexity index is 1350. The standard InChI is InChI=1S/C20H15N3OS/c1-11(2)18-22-20-16(17(24)12-7-3-6-10-15(12)25-20)19-21-13-8-4-5-9-14(13)23(18)19/h3-11H,1-2H3. The lowest BCUT2D eigenvalue weighted by Gasteiger charge is -2.11. The molecule has 5 heteroatoms. The maximum atomic E-state index is 13.2. The molecule has 0 fully saturated rings. The maximum Gasteiger partial charge on any atom is 0.201 e. The van der Waals surface area contributed by atoms with E-state index in [1.54, 1.807) is 11.3 Å². The van der Waals surface area contributed by atoms with Crippen molar-refractivity contribution in [3.63, 3.8) is 0 Å². The van der Waals surface area contributed by atoms with E-state index in [1.165, 1.54) is 0 Å². The van der Waals surface area contributed by atoms with E-state index in [4.69, 9.17) is 9.97 Å². The highest BCUT2D eigenvalue weighted by atomic mass is 32.1. The Morgan fingerprint density at radius 3 is 2.60 bits per heavy atom. The van der Waals surface area contributed by atoms with Crippen LogP contribution in [0.4, 0.5) is 0 Å². The molecular formula is C20H15N3OS. The summed E-state index contributed by atoms with van der Waals surface area (Å²) in [4.78, 5) is 23.6. The van der Waals surface area contributed by atoms with Crippen LogP contribution in [0.2, 0.25) is 0 Å². The predicted octanol–water partition coefficient (Wildman–Crippen LogP) is 4.73. The molecule has 0 saturated heterocycles. The zero-order valence-electron chi connectivity index (χ0n) is 13.9. The van der Waals surface area contributed by atoms with Crippen molar-refractivity contribution in [2.45, 2.75) is 19.8 Å². The van der Waals surface area contributed by atoms with Crippen LogP contribution in [0.25, 0.3) is 37.0 Å². The smallest absolute Gasteiger partial charge is 0.201 e. The highest BCUT2D eigenvalue weighted by Gasteiger charge is 2.19. The first-order chi connectivity index (χ1) is 12.1. The Balaban J connectivity index is 2.13. The van der Waals surface area contributed by atoms with Crippen molar-refractivity contribution in [3.8, 4) is 0 Å². The van der Waals surface area contributed by atoms with Crippen molar-refractivity contribution >= 4 is 48.3 Å². The Labute approximate surface area is 147 Å². The van der Waals surface area contributed by atoms with Gasteiger partial charge in [0.2, 0.25) is 5.43 Å². The van der Waals surface area contributed by atoms with E-state index in [1.807, 2.05) is 52.9 Å².